The molecule has 1 aromatic rings. The number of carbonyl (C=O) groups is 2. The third-order valence-electron chi connectivity index (χ3n) is 1.74. The van der Waals surface area contributed by atoms with Gasteiger partial charge in [-0.15, -0.1) is 6.42 Å². The molecule has 0 spiro atoms. The number of nitrogens with one attached hydrogen (secondary N) is 1. The molecule has 0 atom stereocenters. The van der Waals surface area contributed by atoms with Gasteiger partial charge in [0.1, 0.15) is 0 Å². The monoisotopic (exact) mass is 222 g/mol. The van der Waals surface area contributed by atoms with Crippen LogP contribution in [-0.2, 0) is 0 Å². The normalized spacial score (nSPS) is 10.6. The summed E-state index contributed by atoms with van der Waals surface area (Å²) in [5.41, 5.74) is -0.958. The summed E-state index contributed by atoms with van der Waals surface area (Å²) in [6.45, 7) is 3.26. The van der Waals surface area contributed by atoms with Crippen LogP contribution in [0.3, 0.4) is 0 Å². The number of carbonyl (C=O) groups excluding carboxylic acids is 1. The lowest BCUT2D eigenvalue weighted by Crippen LogP contribution is -2.42. The molecule has 1 heterocycles. The van der Waals surface area contributed by atoms with Crippen LogP contribution in [0.25, 0.3) is 0 Å². The summed E-state index contributed by atoms with van der Waals surface area (Å²) in [7, 11) is 0. The minimum Gasteiger partial charge on any atom is -0.475 e. The van der Waals surface area contributed by atoms with Crippen molar-refractivity contribution in [2.24, 2.45) is 0 Å². The van der Waals surface area contributed by atoms with Crippen molar-refractivity contribution in [3.05, 3.63) is 17.5 Å². The van der Waals surface area contributed by atoms with E-state index in [1.54, 1.807) is 13.8 Å². The van der Waals surface area contributed by atoms with Crippen LogP contribution in [0.5, 0.6) is 0 Å². The molecule has 0 unspecified atom stereocenters. The van der Waals surface area contributed by atoms with E-state index in [-0.39, 0.29) is 5.69 Å². The fourth-order valence-corrected chi connectivity index (χ4v) is 0.867. The maximum Gasteiger partial charge on any atom is 0.374 e. The van der Waals surface area contributed by atoms with Gasteiger partial charge in [-0.2, -0.15) is 0 Å². The Morgan fingerprint density at radius 2 is 2.25 bits per heavy atom. The van der Waals surface area contributed by atoms with Gasteiger partial charge < -0.3 is 14.9 Å². The number of carboxylic acids is 1. The predicted molar refractivity (Wildman–Crippen MR) is 53.8 cm³/mol. The number of nitrogens with zero attached hydrogens (tertiary/aromatic N) is 1. The van der Waals surface area contributed by atoms with Crippen molar-refractivity contribution < 1.29 is 19.2 Å². The maximum atomic E-state index is 11.5. The van der Waals surface area contributed by atoms with E-state index in [2.05, 4.69) is 20.9 Å². The Morgan fingerprint density at radius 1 is 1.62 bits per heavy atom. The molecule has 1 rings (SSSR count). The topological polar surface area (TPSA) is 92.4 Å². The fourth-order valence-electron chi connectivity index (χ4n) is 0.867. The zero-order valence-electron chi connectivity index (χ0n) is 8.77. The first kappa shape index (κ1) is 11.8. The summed E-state index contributed by atoms with van der Waals surface area (Å²) >= 11 is 0. The van der Waals surface area contributed by atoms with Gasteiger partial charge in [-0.25, -0.2) is 4.79 Å². The summed E-state index contributed by atoms with van der Waals surface area (Å²) in [5, 5.41) is 14.4. The minimum atomic E-state index is -1.29. The Bertz CT molecular complexity index is 467. The van der Waals surface area contributed by atoms with Gasteiger partial charge in [0.05, 0.1) is 5.54 Å². The molecule has 0 aromatic carbocycles. The first-order chi connectivity index (χ1) is 7.35. The van der Waals surface area contributed by atoms with Crippen LogP contribution in [0.2, 0.25) is 0 Å². The lowest BCUT2D eigenvalue weighted by molar-refractivity contribution is 0.0650. The summed E-state index contributed by atoms with van der Waals surface area (Å²) in [6.07, 6.45) is 5.18. The van der Waals surface area contributed by atoms with E-state index in [1.807, 2.05) is 0 Å². The van der Waals surface area contributed by atoms with Crippen molar-refractivity contribution in [3.8, 4) is 12.3 Å². The molecule has 0 saturated heterocycles. The number of amides is 1. The number of rotatable bonds is 3. The molecule has 0 aliphatic heterocycles. The summed E-state index contributed by atoms with van der Waals surface area (Å²) in [5.74, 6) is 0.0923. The molecule has 16 heavy (non-hydrogen) atoms. The van der Waals surface area contributed by atoms with Crippen LogP contribution >= 0.6 is 0 Å². The van der Waals surface area contributed by atoms with Gasteiger partial charge in [-0.05, 0) is 13.8 Å². The van der Waals surface area contributed by atoms with Crippen LogP contribution in [0.1, 0.15) is 34.9 Å². The second-order valence-corrected chi connectivity index (χ2v) is 3.61. The number of hydrogen-bond acceptors (Lipinski definition) is 4. The molecule has 0 saturated carbocycles. The average Bonchev–Trinajstić information content (AvgIpc) is 2.66. The molecule has 1 aromatic heterocycles. The first-order valence-electron chi connectivity index (χ1n) is 4.36. The molecule has 84 valence electrons. The highest BCUT2D eigenvalue weighted by Crippen LogP contribution is 2.06. The van der Waals surface area contributed by atoms with E-state index in [4.69, 9.17) is 11.5 Å². The summed E-state index contributed by atoms with van der Waals surface area (Å²) in [6, 6.07) is 1.03. The van der Waals surface area contributed by atoms with Gasteiger partial charge >= 0.3 is 5.97 Å². The molecule has 0 bridgehead atoms. The second kappa shape index (κ2) is 4.06. The van der Waals surface area contributed by atoms with Crippen molar-refractivity contribution >= 4 is 11.9 Å². The highest BCUT2D eigenvalue weighted by molar-refractivity contribution is 5.95. The van der Waals surface area contributed by atoms with Crippen molar-refractivity contribution in [2.45, 2.75) is 19.4 Å². The number of carboxylic acid groups (broad SMARTS) is 1. The smallest absolute Gasteiger partial charge is 0.374 e. The zero-order valence-corrected chi connectivity index (χ0v) is 8.77. The van der Waals surface area contributed by atoms with E-state index >= 15 is 0 Å². The van der Waals surface area contributed by atoms with Crippen LogP contribution < -0.4 is 5.32 Å². The standard InChI is InChI=1S/C10H10N2O4/c1-4-10(2,3)11-8(13)6-5-7(9(14)15)16-12-6/h1,5H,2-3H3,(H,11,13)(H,14,15). The highest BCUT2D eigenvalue weighted by atomic mass is 16.5. The Morgan fingerprint density at radius 3 is 2.69 bits per heavy atom. The Hall–Kier alpha value is -2.29. The number of aromatic nitrogens is 1. The van der Waals surface area contributed by atoms with Crippen molar-refractivity contribution in [3.63, 3.8) is 0 Å². The van der Waals surface area contributed by atoms with Gasteiger partial charge in [-0.1, -0.05) is 11.1 Å². The van der Waals surface area contributed by atoms with Crippen LogP contribution in [0.15, 0.2) is 10.6 Å². The molecular formula is C10H10N2O4. The van der Waals surface area contributed by atoms with Gasteiger partial charge in [0.15, 0.2) is 5.69 Å². The number of hydrogen-bond donors (Lipinski definition) is 2. The van der Waals surface area contributed by atoms with E-state index in [9.17, 15) is 9.59 Å². The molecule has 0 aliphatic rings. The third kappa shape index (κ3) is 2.60. The zero-order chi connectivity index (χ0) is 12.3. The molecule has 0 radical (unpaired) electrons. The van der Waals surface area contributed by atoms with E-state index in [0.717, 1.165) is 6.07 Å². The first-order valence-corrected chi connectivity index (χ1v) is 4.36. The minimum absolute atomic E-state index is 0.124. The van der Waals surface area contributed by atoms with Crippen LogP contribution in [-0.4, -0.2) is 27.7 Å². The Labute approximate surface area is 91.6 Å². The maximum absolute atomic E-state index is 11.5. The third-order valence-corrected chi connectivity index (χ3v) is 1.74. The molecule has 0 fully saturated rings. The second-order valence-electron chi connectivity index (χ2n) is 3.61. The molecule has 0 aliphatic carbocycles. The lowest BCUT2D eigenvalue weighted by atomic mass is 10.1. The quantitative estimate of drug-likeness (QED) is 0.727. The molecule has 2 N–H and O–H groups in total. The molecular weight excluding hydrogens is 212 g/mol. The van der Waals surface area contributed by atoms with Gasteiger partial charge in [0, 0.05) is 6.07 Å². The van der Waals surface area contributed by atoms with Gasteiger partial charge in [-0.3, -0.25) is 4.79 Å². The molecule has 6 nitrogen and oxygen atoms in total. The van der Waals surface area contributed by atoms with E-state index in [1.165, 1.54) is 0 Å². The van der Waals surface area contributed by atoms with Gasteiger partial charge in [0.25, 0.3) is 5.91 Å². The van der Waals surface area contributed by atoms with Gasteiger partial charge in [0.2, 0.25) is 5.76 Å². The van der Waals surface area contributed by atoms with Crippen molar-refractivity contribution in [2.75, 3.05) is 0 Å². The van der Waals surface area contributed by atoms with Crippen LogP contribution in [0, 0.1) is 12.3 Å². The Kier molecular flexibility index (Phi) is 2.99. The fraction of sp³-hybridized carbons (Fsp3) is 0.300. The predicted octanol–water partition coefficient (Wildman–Crippen LogP) is 0.514. The van der Waals surface area contributed by atoms with Crippen molar-refractivity contribution in [1.82, 2.24) is 10.5 Å². The largest absolute Gasteiger partial charge is 0.475 e. The average molecular weight is 222 g/mol. The summed E-state index contributed by atoms with van der Waals surface area (Å²) in [4.78, 5) is 22.0. The number of aromatic carboxylic acids is 1. The SMILES string of the molecule is C#CC(C)(C)NC(=O)c1cc(C(=O)O)on1. The van der Waals surface area contributed by atoms with E-state index < -0.39 is 23.2 Å². The van der Waals surface area contributed by atoms with Crippen molar-refractivity contribution in [1.29, 1.82) is 0 Å². The van der Waals surface area contributed by atoms with E-state index in [0.29, 0.717) is 0 Å². The number of terminal acetylenes is 1. The molecule has 6 heteroatoms. The van der Waals surface area contributed by atoms with Crippen LogP contribution in [0.4, 0.5) is 0 Å². The Balaban J connectivity index is 2.82. The highest BCUT2D eigenvalue weighted by Gasteiger charge is 2.22. The molecule has 1 amide bonds. The summed E-state index contributed by atoms with van der Waals surface area (Å²) < 4.78 is 4.43. The lowest BCUT2D eigenvalue weighted by Gasteiger charge is -2.18.